The summed E-state index contributed by atoms with van der Waals surface area (Å²) in [6, 6.07) is 10.8. The molecule has 0 radical (unpaired) electrons. The lowest BCUT2D eigenvalue weighted by molar-refractivity contribution is -0.144. The highest BCUT2D eigenvalue weighted by Gasteiger charge is 2.35. The average Bonchev–Trinajstić information content (AvgIpc) is 2.45. The SMILES string of the molecule is CCNc1cc(NCc2ccccc2)nc(C(F)(F)F)n1. The summed E-state index contributed by atoms with van der Waals surface area (Å²) in [7, 11) is 0. The predicted molar refractivity (Wildman–Crippen MR) is 75.0 cm³/mol. The largest absolute Gasteiger partial charge is 0.451 e. The highest BCUT2D eigenvalue weighted by Crippen LogP contribution is 2.28. The molecule has 0 spiro atoms. The number of hydrogen-bond acceptors (Lipinski definition) is 4. The number of aromatic nitrogens is 2. The van der Waals surface area contributed by atoms with Crippen LogP contribution in [0.5, 0.6) is 0 Å². The van der Waals surface area contributed by atoms with Gasteiger partial charge in [-0.2, -0.15) is 13.2 Å². The van der Waals surface area contributed by atoms with Crippen LogP contribution in [0.25, 0.3) is 0 Å². The summed E-state index contributed by atoms with van der Waals surface area (Å²) in [4.78, 5) is 6.98. The number of halogens is 3. The molecule has 4 nitrogen and oxygen atoms in total. The molecule has 0 saturated heterocycles. The lowest BCUT2D eigenvalue weighted by Gasteiger charge is -2.12. The van der Waals surface area contributed by atoms with E-state index in [2.05, 4.69) is 20.6 Å². The van der Waals surface area contributed by atoms with Crippen molar-refractivity contribution in [2.45, 2.75) is 19.6 Å². The first kappa shape index (κ1) is 15.1. The topological polar surface area (TPSA) is 49.8 Å². The number of nitrogens with zero attached hydrogens (tertiary/aromatic N) is 2. The maximum Gasteiger partial charge on any atom is 0.451 e. The minimum Gasteiger partial charge on any atom is -0.370 e. The van der Waals surface area contributed by atoms with Crippen molar-refractivity contribution in [3.8, 4) is 0 Å². The maximum absolute atomic E-state index is 12.8. The van der Waals surface area contributed by atoms with Crippen molar-refractivity contribution in [2.75, 3.05) is 17.2 Å². The average molecular weight is 296 g/mol. The van der Waals surface area contributed by atoms with Gasteiger partial charge in [0.1, 0.15) is 11.6 Å². The Kier molecular flexibility index (Phi) is 4.62. The smallest absolute Gasteiger partial charge is 0.370 e. The van der Waals surface area contributed by atoms with E-state index in [1.54, 1.807) is 6.92 Å². The van der Waals surface area contributed by atoms with Gasteiger partial charge in [-0.05, 0) is 12.5 Å². The van der Waals surface area contributed by atoms with E-state index in [1.807, 2.05) is 30.3 Å². The fraction of sp³-hybridized carbons (Fsp3) is 0.286. The van der Waals surface area contributed by atoms with Gasteiger partial charge in [-0.3, -0.25) is 0 Å². The van der Waals surface area contributed by atoms with Gasteiger partial charge in [0.05, 0.1) is 0 Å². The summed E-state index contributed by atoms with van der Waals surface area (Å²) in [6.45, 7) is 2.65. The van der Waals surface area contributed by atoms with Crippen molar-refractivity contribution in [3.63, 3.8) is 0 Å². The number of nitrogens with one attached hydrogen (secondary N) is 2. The molecule has 0 aliphatic carbocycles. The van der Waals surface area contributed by atoms with E-state index >= 15 is 0 Å². The molecule has 0 fully saturated rings. The van der Waals surface area contributed by atoms with Gasteiger partial charge in [-0.15, -0.1) is 0 Å². The van der Waals surface area contributed by atoms with Crippen molar-refractivity contribution in [2.24, 2.45) is 0 Å². The monoisotopic (exact) mass is 296 g/mol. The standard InChI is InChI=1S/C14H15F3N4/c1-2-18-11-8-12(21-13(20-11)14(15,16)17)19-9-10-6-4-3-5-7-10/h3-8H,2,9H2,1H3,(H2,18,19,20,21). The fourth-order valence-corrected chi connectivity index (χ4v) is 1.72. The van der Waals surface area contributed by atoms with Crippen molar-refractivity contribution < 1.29 is 13.2 Å². The summed E-state index contributed by atoms with van der Waals surface area (Å²) >= 11 is 0. The van der Waals surface area contributed by atoms with Crippen LogP contribution in [0.4, 0.5) is 24.8 Å². The van der Waals surface area contributed by atoms with Gasteiger partial charge in [-0.1, -0.05) is 30.3 Å². The third-order valence-electron chi connectivity index (χ3n) is 2.65. The zero-order chi connectivity index (χ0) is 15.3. The molecule has 1 aromatic carbocycles. The van der Waals surface area contributed by atoms with Crippen LogP contribution in [0.1, 0.15) is 18.3 Å². The Morgan fingerprint density at radius 2 is 1.62 bits per heavy atom. The molecular weight excluding hydrogens is 281 g/mol. The van der Waals surface area contributed by atoms with Crippen LogP contribution < -0.4 is 10.6 Å². The predicted octanol–water partition coefficient (Wildman–Crippen LogP) is 3.54. The molecule has 0 amide bonds. The van der Waals surface area contributed by atoms with Crippen LogP contribution in [0.3, 0.4) is 0 Å². The first-order valence-corrected chi connectivity index (χ1v) is 6.47. The van der Waals surface area contributed by atoms with E-state index in [0.29, 0.717) is 13.1 Å². The van der Waals surface area contributed by atoms with Gasteiger partial charge in [0.25, 0.3) is 0 Å². The molecule has 0 unspecified atom stereocenters. The van der Waals surface area contributed by atoms with Crippen molar-refractivity contribution >= 4 is 11.6 Å². The molecule has 0 aliphatic heterocycles. The van der Waals surface area contributed by atoms with Crippen LogP contribution in [0.15, 0.2) is 36.4 Å². The maximum atomic E-state index is 12.8. The summed E-state index contributed by atoms with van der Waals surface area (Å²) in [5.41, 5.74) is 0.953. The van der Waals surface area contributed by atoms with Gasteiger partial charge in [0, 0.05) is 19.2 Å². The molecule has 21 heavy (non-hydrogen) atoms. The Morgan fingerprint density at radius 3 is 2.19 bits per heavy atom. The molecule has 2 N–H and O–H groups in total. The zero-order valence-electron chi connectivity index (χ0n) is 11.4. The van der Waals surface area contributed by atoms with Crippen molar-refractivity contribution in [1.29, 1.82) is 0 Å². The zero-order valence-corrected chi connectivity index (χ0v) is 11.4. The third kappa shape index (κ3) is 4.34. The van der Waals surface area contributed by atoms with E-state index in [0.717, 1.165) is 5.56 Å². The first-order valence-electron chi connectivity index (χ1n) is 6.47. The lowest BCUT2D eigenvalue weighted by atomic mass is 10.2. The second-order valence-corrected chi connectivity index (χ2v) is 4.33. The summed E-state index contributed by atoms with van der Waals surface area (Å²) in [5, 5.41) is 5.65. The number of anilines is 2. The Bertz CT molecular complexity index is 585. The van der Waals surface area contributed by atoms with Gasteiger partial charge in [0.2, 0.25) is 5.82 Å². The Hall–Kier alpha value is -2.31. The van der Waals surface area contributed by atoms with Crippen LogP contribution in [-0.4, -0.2) is 16.5 Å². The van der Waals surface area contributed by atoms with Gasteiger partial charge >= 0.3 is 6.18 Å². The van der Waals surface area contributed by atoms with E-state index in [-0.39, 0.29) is 11.6 Å². The molecule has 1 heterocycles. The number of alkyl halides is 3. The van der Waals surface area contributed by atoms with Crippen LogP contribution in [-0.2, 0) is 12.7 Å². The molecule has 7 heteroatoms. The molecule has 1 aromatic heterocycles. The van der Waals surface area contributed by atoms with Gasteiger partial charge in [-0.25, -0.2) is 9.97 Å². The highest BCUT2D eigenvalue weighted by atomic mass is 19.4. The minimum atomic E-state index is -4.57. The Labute approximate surface area is 120 Å². The Morgan fingerprint density at radius 1 is 1.00 bits per heavy atom. The van der Waals surface area contributed by atoms with E-state index < -0.39 is 12.0 Å². The van der Waals surface area contributed by atoms with E-state index in [1.165, 1.54) is 6.07 Å². The van der Waals surface area contributed by atoms with Crippen LogP contribution in [0, 0.1) is 0 Å². The molecule has 112 valence electrons. The molecular formula is C14H15F3N4. The Balaban J connectivity index is 2.19. The van der Waals surface area contributed by atoms with E-state index in [4.69, 9.17) is 0 Å². The fourth-order valence-electron chi connectivity index (χ4n) is 1.72. The number of benzene rings is 1. The lowest BCUT2D eigenvalue weighted by Crippen LogP contribution is -2.15. The summed E-state index contributed by atoms with van der Waals surface area (Å²) in [5.74, 6) is -0.871. The van der Waals surface area contributed by atoms with Crippen LogP contribution in [0.2, 0.25) is 0 Å². The quantitative estimate of drug-likeness (QED) is 0.886. The normalized spacial score (nSPS) is 11.2. The molecule has 2 aromatic rings. The molecule has 0 atom stereocenters. The van der Waals surface area contributed by atoms with Crippen molar-refractivity contribution in [3.05, 3.63) is 47.8 Å². The number of hydrogen-bond donors (Lipinski definition) is 2. The second kappa shape index (κ2) is 6.43. The van der Waals surface area contributed by atoms with Gasteiger partial charge in [0.15, 0.2) is 0 Å². The van der Waals surface area contributed by atoms with Crippen molar-refractivity contribution in [1.82, 2.24) is 9.97 Å². The highest BCUT2D eigenvalue weighted by molar-refractivity contribution is 5.48. The molecule has 0 bridgehead atoms. The van der Waals surface area contributed by atoms with Gasteiger partial charge < -0.3 is 10.6 Å². The third-order valence-corrected chi connectivity index (χ3v) is 2.65. The number of rotatable bonds is 5. The van der Waals surface area contributed by atoms with Crippen LogP contribution >= 0.6 is 0 Å². The molecule has 0 aliphatic rings. The van der Waals surface area contributed by atoms with E-state index in [9.17, 15) is 13.2 Å². The molecule has 2 rings (SSSR count). The minimum absolute atomic E-state index is 0.136. The first-order chi connectivity index (χ1) is 9.99. The summed E-state index contributed by atoms with van der Waals surface area (Å²) < 4.78 is 38.3. The summed E-state index contributed by atoms with van der Waals surface area (Å²) in [6.07, 6.45) is -4.57. The second-order valence-electron chi connectivity index (χ2n) is 4.33. The molecule has 0 saturated carbocycles.